The maximum Gasteiger partial charge on any atom is 0.0374 e. The van der Waals surface area contributed by atoms with Crippen molar-refractivity contribution in [3.8, 4) is 0 Å². The highest BCUT2D eigenvalue weighted by Crippen LogP contribution is 2.20. The van der Waals surface area contributed by atoms with Crippen LogP contribution in [0.2, 0.25) is 0 Å². The average Bonchev–Trinajstić information content (AvgIpc) is 2.37. The summed E-state index contributed by atoms with van der Waals surface area (Å²) < 4.78 is 1.15. The van der Waals surface area contributed by atoms with Crippen LogP contribution in [-0.4, -0.2) is 26.7 Å². The number of piperidine rings is 1. The zero-order valence-electron chi connectivity index (χ0n) is 10.5. The van der Waals surface area contributed by atoms with Crippen molar-refractivity contribution in [2.45, 2.75) is 19.3 Å². The summed E-state index contributed by atoms with van der Waals surface area (Å²) in [7, 11) is 2.18. The van der Waals surface area contributed by atoms with Crippen LogP contribution in [0.3, 0.4) is 0 Å². The molecule has 0 spiro atoms. The van der Waals surface area contributed by atoms with Crippen LogP contribution in [0.25, 0.3) is 0 Å². The van der Waals surface area contributed by atoms with E-state index < -0.39 is 0 Å². The topological polar surface area (TPSA) is 15.3 Å². The quantitative estimate of drug-likeness (QED) is 0.917. The highest BCUT2D eigenvalue weighted by molar-refractivity contribution is 9.10. The first kappa shape index (κ1) is 12.9. The van der Waals surface area contributed by atoms with E-state index in [9.17, 15) is 0 Å². The molecule has 0 bridgehead atoms. The van der Waals surface area contributed by atoms with Crippen molar-refractivity contribution in [2.75, 3.05) is 31.6 Å². The van der Waals surface area contributed by atoms with Gasteiger partial charge >= 0.3 is 0 Å². The van der Waals surface area contributed by atoms with E-state index in [0.717, 1.165) is 16.9 Å². The number of benzene rings is 1. The monoisotopic (exact) mass is 296 g/mol. The first-order chi connectivity index (χ1) is 8.25. The summed E-state index contributed by atoms with van der Waals surface area (Å²) in [5.74, 6) is 0.860. The van der Waals surface area contributed by atoms with Gasteiger partial charge < -0.3 is 10.2 Å². The molecule has 0 saturated carbocycles. The molecule has 1 atom stereocenters. The number of anilines is 1. The molecular formula is C14H21BrN2. The molecule has 1 aromatic rings. The van der Waals surface area contributed by atoms with Gasteiger partial charge in [-0.3, -0.25) is 0 Å². The molecule has 0 amide bonds. The van der Waals surface area contributed by atoms with Crippen LogP contribution in [0.1, 0.15) is 19.3 Å². The number of nitrogens with zero attached hydrogens (tertiary/aromatic N) is 1. The fourth-order valence-electron chi connectivity index (χ4n) is 2.39. The maximum absolute atomic E-state index is 3.52. The molecule has 1 saturated heterocycles. The van der Waals surface area contributed by atoms with Gasteiger partial charge in [0, 0.05) is 23.8 Å². The summed E-state index contributed by atoms with van der Waals surface area (Å²) in [5, 5.41) is 3.48. The van der Waals surface area contributed by atoms with E-state index in [1.165, 1.54) is 38.0 Å². The molecule has 2 nitrogen and oxygen atoms in total. The van der Waals surface area contributed by atoms with E-state index in [4.69, 9.17) is 0 Å². The molecule has 3 heteroatoms. The lowest BCUT2D eigenvalue weighted by Gasteiger charge is -2.26. The minimum atomic E-state index is 0.860. The van der Waals surface area contributed by atoms with Crippen LogP contribution < -0.4 is 10.2 Å². The number of hydrogen-bond acceptors (Lipinski definition) is 2. The summed E-state index contributed by atoms with van der Waals surface area (Å²) in [6.07, 6.45) is 4.01. The Kier molecular flexibility index (Phi) is 4.86. The van der Waals surface area contributed by atoms with Crippen molar-refractivity contribution >= 4 is 21.6 Å². The second-order valence-electron chi connectivity index (χ2n) is 4.90. The van der Waals surface area contributed by atoms with Gasteiger partial charge in [0.1, 0.15) is 0 Å². The highest BCUT2D eigenvalue weighted by Gasteiger charge is 2.13. The first-order valence-electron chi connectivity index (χ1n) is 6.43. The number of nitrogens with one attached hydrogen (secondary N) is 1. The SMILES string of the molecule is CN(CCC1CCCNC1)c1cccc(Br)c1. The Bertz CT molecular complexity index is 348. The molecule has 1 N–H and O–H groups in total. The summed E-state index contributed by atoms with van der Waals surface area (Å²) in [6, 6.07) is 8.52. The van der Waals surface area contributed by atoms with E-state index in [-0.39, 0.29) is 0 Å². The lowest BCUT2D eigenvalue weighted by atomic mass is 9.96. The van der Waals surface area contributed by atoms with Crippen LogP contribution in [0.15, 0.2) is 28.7 Å². The summed E-state index contributed by atoms with van der Waals surface area (Å²) >= 11 is 3.52. The van der Waals surface area contributed by atoms with E-state index in [2.05, 4.69) is 57.5 Å². The van der Waals surface area contributed by atoms with Gasteiger partial charge in [0.15, 0.2) is 0 Å². The van der Waals surface area contributed by atoms with E-state index in [0.29, 0.717) is 0 Å². The minimum Gasteiger partial charge on any atom is -0.375 e. The van der Waals surface area contributed by atoms with Crippen molar-refractivity contribution in [1.29, 1.82) is 0 Å². The Hall–Kier alpha value is -0.540. The zero-order chi connectivity index (χ0) is 12.1. The largest absolute Gasteiger partial charge is 0.375 e. The van der Waals surface area contributed by atoms with E-state index >= 15 is 0 Å². The third kappa shape index (κ3) is 4.00. The van der Waals surface area contributed by atoms with Gasteiger partial charge in [0.05, 0.1) is 0 Å². The molecule has 1 aromatic carbocycles. The standard InChI is InChI=1S/C14H21BrN2/c1-17(14-6-2-5-13(15)10-14)9-7-12-4-3-8-16-11-12/h2,5-6,10,12,16H,3-4,7-9,11H2,1H3. The van der Waals surface area contributed by atoms with Crippen molar-refractivity contribution in [2.24, 2.45) is 5.92 Å². The number of rotatable bonds is 4. The predicted octanol–water partition coefficient (Wildman–Crippen LogP) is 3.28. The smallest absolute Gasteiger partial charge is 0.0374 e. The van der Waals surface area contributed by atoms with Crippen LogP contribution >= 0.6 is 15.9 Å². The van der Waals surface area contributed by atoms with Crippen molar-refractivity contribution in [3.63, 3.8) is 0 Å². The van der Waals surface area contributed by atoms with E-state index in [1.807, 2.05) is 0 Å². The molecule has 1 aliphatic heterocycles. The van der Waals surface area contributed by atoms with Gasteiger partial charge in [0.2, 0.25) is 0 Å². The van der Waals surface area contributed by atoms with Gasteiger partial charge in [0.25, 0.3) is 0 Å². The van der Waals surface area contributed by atoms with Crippen molar-refractivity contribution < 1.29 is 0 Å². The Labute approximate surface area is 113 Å². The number of hydrogen-bond donors (Lipinski definition) is 1. The molecule has 1 unspecified atom stereocenters. The van der Waals surface area contributed by atoms with Crippen LogP contribution in [0, 0.1) is 5.92 Å². The van der Waals surface area contributed by atoms with Gasteiger partial charge in [-0.15, -0.1) is 0 Å². The van der Waals surface area contributed by atoms with Crippen LogP contribution in [0.4, 0.5) is 5.69 Å². The predicted molar refractivity (Wildman–Crippen MR) is 77.6 cm³/mol. The minimum absolute atomic E-state index is 0.860. The van der Waals surface area contributed by atoms with E-state index in [1.54, 1.807) is 0 Å². The lowest BCUT2D eigenvalue weighted by molar-refractivity contribution is 0.360. The Morgan fingerprint density at radius 1 is 1.47 bits per heavy atom. The van der Waals surface area contributed by atoms with Crippen LogP contribution in [0.5, 0.6) is 0 Å². The third-order valence-electron chi connectivity index (χ3n) is 3.52. The normalized spacial score (nSPS) is 20.2. The summed E-state index contributed by atoms with van der Waals surface area (Å²) in [5.41, 5.74) is 1.29. The Balaban J connectivity index is 1.82. The van der Waals surface area contributed by atoms with Gasteiger partial charge in [-0.2, -0.15) is 0 Å². The second kappa shape index (κ2) is 6.41. The van der Waals surface area contributed by atoms with Gasteiger partial charge in [-0.25, -0.2) is 0 Å². The Morgan fingerprint density at radius 2 is 2.35 bits per heavy atom. The molecule has 1 fully saturated rings. The fraction of sp³-hybridized carbons (Fsp3) is 0.571. The summed E-state index contributed by atoms with van der Waals surface area (Å²) in [4.78, 5) is 2.35. The molecule has 0 aliphatic carbocycles. The van der Waals surface area contributed by atoms with Crippen LogP contribution in [-0.2, 0) is 0 Å². The van der Waals surface area contributed by atoms with Gasteiger partial charge in [-0.05, 0) is 56.5 Å². The second-order valence-corrected chi connectivity index (χ2v) is 5.82. The molecular weight excluding hydrogens is 276 g/mol. The highest BCUT2D eigenvalue weighted by atomic mass is 79.9. The molecule has 2 rings (SSSR count). The maximum atomic E-state index is 3.52. The fourth-order valence-corrected chi connectivity index (χ4v) is 2.78. The summed E-state index contributed by atoms with van der Waals surface area (Å²) in [6.45, 7) is 3.55. The zero-order valence-corrected chi connectivity index (χ0v) is 12.0. The molecule has 17 heavy (non-hydrogen) atoms. The van der Waals surface area contributed by atoms with Gasteiger partial charge in [-0.1, -0.05) is 22.0 Å². The molecule has 0 radical (unpaired) electrons. The molecule has 1 aliphatic rings. The average molecular weight is 297 g/mol. The first-order valence-corrected chi connectivity index (χ1v) is 7.22. The van der Waals surface area contributed by atoms with Crippen molar-refractivity contribution in [1.82, 2.24) is 5.32 Å². The lowest BCUT2D eigenvalue weighted by Crippen LogP contribution is -2.32. The third-order valence-corrected chi connectivity index (χ3v) is 4.01. The number of halogens is 1. The molecule has 94 valence electrons. The van der Waals surface area contributed by atoms with Crippen molar-refractivity contribution in [3.05, 3.63) is 28.7 Å². The molecule has 1 heterocycles. The molecule has 0 aromatic heterocycles. The Morgan fingerprint density at radius 3 is 3.06 bits per heavy atom.